The van der Waals surface area contributed by atoms with Gasteiger partial charge in [0.1, 0.15) is 55.0 Å². The van der Waals surface area contributed by atoms with E-state index in [9.17, 15) is 29.1 Å². The number of carbonyl (C=O) groups excluding carboxylic acids is 4. The van der Waals surface area contributed by atoms with Crippen molar-refractivity contribution in [3.8, 4) is 40.1 Å². The van der Waals surface area contributed by atoms with E-state index in [1.807, 2.05) is 91.0 Å². The number of hydrogen-bond donors (Lipinski definition) is 1. The summed E-state index contributed by atoms with van der Waals surface area (Å²) in [6.07, 6.45) is -8.10. The second-order valence-corrected chi connectivity index (χ2v) is 15.1. The number of phenols is 1. The van der Waals surface area contributed by atoms with Crippen molar-refractivity contribution in [2.75, 3.05) is 6.61 Å². The molecule has 66 heavy (non-hydrogen) atoms. The zero-order chi connectivity index (χ0) is 46.7. The molecule has 0 spiro atoms. The Morgan fingerprint density at radius 3 is 1.68 bits per heavy atom. The topological polar surface area (TPSA) is 202 Å². The Hall–Kier alpha value is -7.85. The molecule has 342 valence electrons. The Morgan fingerprint density at radius 1 is 0.591 bits per heavy atom. The van der Waals surface area contributed by atoms with Gasteiger partial charge in [0.05, 0.1) is 0 Å². The smallest absolute Gasteiger partial charge is 0.303 e. The van der Waals surface area contributed by atoms with Crippen LogP contribution in [0.25, 0.3) is 22.3 Å². The van der Waals surface area contributed by atoms with Gasteiger partial charge in [-0.15, -0.1) is 0 Å². The average Bonchev–Trinajstić information content (AvgIpc) is 3.29. The van der Waals surface area contributed by atoms with Crippen LogP contribution in [0.1, 0.15) is 44.4 Å². The number of aromatic hydroxyl groups is 1. The van der Waals surface area contributed by atoms with E-state index in [1.54, 1.807) is 18.2 Å². The van der Waals surface area contributed by atoms with Gasteiger partial charge in [0.25, 0.3) is 0 Å². The van der Waals surface area contributed by atoms with Gasteiger partial charge in [-0.2, -0.15) is 0 Å². The molecule has 5 atom stereocenters. The van der Waals surface area contributed by atoms with Crippen LogP contribution in [0.4, 0.5) is 0 Å². The molecule has 0 amide bonds. The van der Waals surface area contributed by atoms with Crippen molar-refractivity contribution < 1.29 is 71.3 Å². The van der Waals surface area contributed by atoms with Crippen molar-refractivity contribution in [2.45, 2.75) is 78.2 Å². The third-order valence-corrected chi connectivity index (χ3v) is 10.0. The highest BCUT2D eigenvalue weighted by molar-refractivity contribution is 5.88. The predicted octanol–water partition coefficient (Wildman–Crippen LogP) is 7.36. The number of ether oxygens (including phenoxy) is 9. The van der Waals surface area contributed by atoms with Crippen LogP contribution in [0.15, 0.2) is 131 Å². The molecule has 0 bridgehead atoms. The lowest BCUT2D eigenvalue weighted by Crippen LogP contribution is -2.63. The molecule has 1 aliphatic rings. The van der Waals surface area contributed by atoms with E-state index in [-0.39, 0.29) is 53.6 Å². The lowest BCUT2D eigenvalue weighted by atomic mass is 9.98. The van der Waals surface area contributed by atoms with Gasteiger partial charge >= 0.3 is 23.9 Å². The van der Waals surface area contributed by atoms with E-state index >= 15 is 0 Å². The van der Waals surface area contributed by atoms with Gasteiger partial charge in [-0.25, -0.2) is 0 Å². The summed E-state index contributed by atoms with van der Waals surface area (Å²) in [5, 5.41) is 11.1. The number of rotatable bonds is 17. The minimum atomic E-state index is -1.84. The van der Waals surface area contributed by atoms with Crippen molar-refractivity contribution in [1.29, 1.82) is 0 Å². The van der Waals surface area contributed by atoms with Gasteiger partial charge in [0.15, 0.2) is 29.5 Å². The van der Waals surface area contributed by atoms with E-state index in [4.69, 9.17) is 47.0 Å². The highest BCUT2D eigenvalue weighted by Gasteiger charge is 2.54. The molecule has 5 unspecified atom stereocenters. The number of esters is 4. The van der Waals surface area contributed by atoms with Crippen LogP contribution in [-0.4, -0.2) is 66.3 Å². The van der Waals surface area contributed by atoms with Crippen LogP contribution in [0.2, 0.25) is 0 Å². The van der Waals surface area contributed by atoms with Crippen molar-refractivity contribution in [2.24, 2.45) is 0 Å². The first kappa shape index (κ1) is 46.2. The normalized spacial score (nSPS) is 17.8. The van der Waals surface area contributed by atoms with Gasteiger partial charge in [-0.1, -0.05) is 91.0 Å². The summed E-state index contributed by atoms with van der Waals surface area (Å²) in [5.41, 5.74) is 1.76. The molecule has 16 heteroatoms. The summed E-state index contributed by atoms with van der Waals surface area (Å²) in [6, 6.07) is 35.6. The molecule has 0 radical (unpaired) electrons. The second-order valence-electron chi connectivity index (χ2n) is 15.1. The second kappa shape index (κ2) is 21.2. The van der Waals surface area contributed by atoms with Crippen LogP contribution < -0.4 is 24.4 Å². The first-order valence-corrected chi connectivity index (χ1v) is 20.8. The van der Waals surface area contributed by atoms with E-state index in [0.29, 0.717) is 5.75 Å². The Balaban J connectivity index is 1.38. The Labute approximate surface area is 378 Å². The van der Waals surface area contributed by atoms with Crippen LogP contribution >= 0.6 is 0 Å². The summed E-state index contributed by atoms with van der Waals surface area (Å²) in [5.74, 6) is -3.90. The molecule has 7 rings (SSSR count). The first-order chi connectivity index (χ1) is 31.8. The maximum Gasteiger partial charge on any atom is 0.303 e. The molecule has 5 aromatic carbocycles. The van der Waals surface area contributed by atoms with Crippen molar-refractivity contribution in [3.63, 3.8) is 0 Å². The molecule has 0 saturated carbocycles. The lowest BCUT2D eigenvalue weighted by Gasteiger charge is -2.43. The van der Waals surface area contributed by atoms with E-state index in [2.05, 4.69) is 0 Å². The molecule has 1 N–H and O–H groups in total. The highest BCUT2D eigenvalue weighted by Crippen LogP contribution is 2.41. The minimum absolute atomic E-state index is 0.108. The summed E-state index contributed by atoms with van der Waals surface area (Å²) < 4.78 is 59.7. The molecular weight excluding hydrogens is 857 g/mol. The third kappa shape index (κ3) is 11.6. The number of benzene rings is 5. The van der Waals surface area contributed by atoms with Gasteiger partial charge < -0.3 is 52.2 Å². The molecule has 1 fully saturated rings. The zero-order valence-electron chi connectivity index (χ0n) is 36.3. The average molecular weight is 903 g/mol. The van der Waals surface area contributed by atoms with E-state index < -0.39 is 78.1 Å². The Kier molecular flexibility index (Phi) is 14.8. The summed E-state index contributed by atoms with van der Waals surface area (Å²) in [7, 11) is 0. The monoisotopic (exact) mass is 902 g/mol. The number of hydrogen-bond acceptors (Lipinski definition) is 16. The number of carbonyl (C=O) groups is 4. The summed E-state index contributed by atoms with van der Waals surface area (Å²) >= 11 is 0. The standard InChI is InChI=1S/C50H46O16/c1-29(51)57-28-42-46(61-30(2)52)48(62-31(3)53)49(63-32(4)54)50(65-42)66-47-44(56)43-38(55)23-37(58-25-33-14-8-5-9-15-33)24-41(43)64-45(47)36-20-21-39(59-26-34-16-10-6-11-17-34)40(22-36)60-27-35-18-12-7-13-19-35/h5-24,42,46,48-50,55H,25-28H2,1-4H3. The van der Waals surface area contributed by atoms with Gasteiger partial charge in [0, 0.05) is 45.4 Å². The van der Waals surface area contributed by atoms with Gasteiger partial charge in [-0.05, 0) is 34.9 Å². The van der Waals surface area contributed by atoms with Crippen LogP contribution in [0, 0.1) is 0 Å². The lowest BCUT2D eigenvalue weighted by molar-refractivity contribution is -0.288. The van der Waals surface area contributed by atoms with Crippen molar-refractivity contribution in [3.05, 3.63) is 148 Å². The van der Waals surface area contributed by atoms with E-state index in [0.717, 1.165) is 44.4 Å². The molecule has 1 saturated heterocycles. The van der Waals surface area contributed by atoms with Crippen molar-refractivity contribution in [1.82, 2.24) is 0 Å². The fourth-order valence-electron chi connectivity index (χ4n) is 7.13. The Morgan fingerprint density at radius 2 is 1.12 bits per heavy atom. The number of fused-ring (bicyclic) bond motifs is 1. The SMILES string of the molecule is CC(=O)OCC1OC(Oc2c(-c3ccc(OCc4ccccc4)c(OCc4ccccc4)c3)oc3cc(OCc4ccccc4)cc(O)c3c2=O)C(OC(C)=O)C(OC(C)=O)C1OC(C)=O. The fourth-order valence-corrected chi connectivity index (χ4v) is 7.13. The molecule has 16 nitrogen and oxygen atoms in total. The highest BCUT2D eigenvalue weighted by atomic mass is 16.7. The van der Waals surface area contributed by atoms with Crippen molar-refractivity contribution >= 4 is 34.8 Å². The summed E-state index contributed by atoms with van der Waals surface area (Å²) in [6.45, 7) is 4.24. The molecular formula is C50H46O16. The first-order valence-electron chi connectivity index (χ1n) is 20.8. The van der Waals surface area contributed by atoms with Crippen LogP contribution in [-0.2, 0) is 62.7 Å². The zero-order valence-corrected chi connectivity index (χ0v) is 36.3. The molecule has 1 aliphatic heterocycles. The van der Waals surface area contributed by atoms with Crippen LogP contribution in [0.3, 0.4) is 0 Å². The maximum atomic E-state index is 14.9. The molecule has 6 aromatic rings. The molecule has 2 heterocycles. The minimum Gasteiger partial charge on any atom is -0.507 e. The molecule has 1 aromatic heterocycles. The van der Waals surface area contributed by atoms with E-state index in [1.165, 1.54) is 12.1 Å². The van der Waals surface area contributed by atoms with Crippen LogP contribution in [0.5, 0.6) is 28.7 Å². The van der Waals surface area contributed by atoms with Gasteiger partial charge in [0.2, 0.25) is 23.6 Å². The summed E-state index contributed by atoms with van der Waals surface area (Å²) in [4.78, 5) is 64.6. The third-order valence-electron chi connectivity index (χ3n) is 10.0. The largest absolute Gasteiger partial charge is 0.507 e. The Bertz CT molecular complexity index is 2720. The quantitative estimate of drug-likeness (QED) is 0.0702. The fraction of sp³-hybridized carbons (Fsp3) is 0.260. The van der Waals surface area contributed by atoms with Gasteiger partial charge in [-0.3, -0.25) is 24.0 Å². The maximum absolute atomic E-state index is 14.9. The molecule has 0 aliphatic carbocycles. The predicted molar refractivity (Wildman–Crippen MR) is 234 cm³/mol. The number of phenolic OH excluding ortho intramolecular Hbond substituents is 1.